The van der Waals surface area contributed by atoms with Crippen molar-refractivity contribution in [1.29, 1.82) is 0 Å². The van der Waals surface area contributed by atoms with Crippen molar-refractivity contribution in [2.24, 2.45) is 5.10 Å². The van der Waals surface area contributed by atoms with Gasteiger partial charge in [-0.15, -0.1) is 0 Å². The Morgan fingerprint density at radius 3 is 2.61 bits per heavy atom. The number of ether oxygens (including phenoxy) is 2. The van der Waals surface area contributed by atoms with Gasteiger partial charge in [0.15, 0.2) is 11.5 Å². The largest absolute Gasteiger partial charge is 0.507 e. The molecular formula is C23H20Cl2N2O4. The zero-order valence-electron chi connectivity index (χ0n) is 16.6. The van der Waals surface area contributed by atoms with E-state index in [0.29, 0.717) is 33.7 Å². The average Bonchev–Trinajstić information content (AvgIpc) is 2.74. The molecule has 0 atom stereocenters. The zero-order valence-corrected chi connectivity index (χ0v) is 18.2. The molecule has 2 N–H and O–H groups in total. The van der Waals surface area contributed by atoms with Gasteiger partial charge >= 0.3 is 0 Å². The molecule has 3 aromatic rings. The fourth-order valence-electron chi connectivity index (χ4n) is 2.68. The van der Waals surface area contributed by atoms with Crippen LogP contribution in [-0.4, -0.2) is 23.8 Å². The van der Waals surface area contributed by atoms with E-state index in [-0.39, 0.29) is 17.9 Å². The topological polar surface area (TPSA) is 80.2 Å². The van der Waals surface area contributed by atoms with Crippen LogP contribution in [0, 0.1) is 0 Å². The number of hydrogen-bond donors (Lipinski definition) is 2. The number of hydrazone groups is 1. The van der Waals surface area contributed by atoms with Crippen molar-refractivity contribution in [3.05, 3.63) is 87.4 Å². The van der Waals surface area contributed by atoms with Gasteiger partial charge in [-0.3, -0.25) is 4.79 Å². The van der Waals surface area contributed by atoms with Crippen LogP contribution in [-0.2, 0) is 6.61 Å². The van der Waals surface area contributed by atoms with Gasteiger partial charge in [0, 0.05) is 15.6 Å². The van der Waals surface area contributed by atoms with E-state index in [9.17, 15) is 9.90 Å². The number of carbonyl (C=O) groups excluding carboxylic acids is 1. The summed E-state index contributed by atoms with van der Waals surface area (Å²) in [6, 6.07) is 16.7. The molecule has 3 aromatic carbocycles. The first-order valence-electron chi connectivity index (χ1n) is 9.43. The van der Waals surface area contributed by atoms with Crippen molar-refractivity contribution in [1.82, 2.24) is 5.43 Å². The Hall–Kier alpha value is -3.22. The molecule has 3 rings (SSSR count). The molecule has 0 saturated heterocycles. The third-order valence-electron chi connectivity index (χ3n) is 4.19. The van der Waals surface area contributed by atoms with Gasteiger partial charge in [-0.25, -0.2) is 5.43 Å². The maximum atomic E-state index is 12.1. The number of aromatic hydroxyl groups is 1. The number of benzene rings is 3. The highest BCUT2D eigenvalue weighted by Crippen LogP contribution is 2.30. The lowest BCUT2D eigenvalue weighted by atomic mass is 10.2. The van der Waals surface area contributed by atoms with E-state index in [4.69, 9.17) is 32.7 Å². The van der Waals surface area contributed by atoms with Crippen molar-refractivity contribution in [2.75, 3.05) is 6.61 Å². The number of phenols is 1. The predicted octanol–water partition coefficient (Wildman–Crippen LogP) is 5.44. The first-order chi connectivity index (χ1) is 15.0. The van der Waals surface area contributed by atoms with Crippen LogP contribution in [0.25, 0.3) is 0 Å². The monoisotopic (exact) mass is 458 g/mol. The Labute approximate surface area is 190 Å². The summed E-state index contributed by atoms with van der Waals surface area (Å²) in [6.45, 7) is 2.57. The number of amides is 1. The highest BCUT2D eigenvalue weighted by atomic mass is 35.5. The van der Waals surface area contributed by atoms with Crippen molar-refractivity contribution < 1.29 is 19.4 Å². The fourth-order valence-corrected chi connectivity index (χ4v) is 3.14. The van der Waals surface area contributed by atoms with Gasteiger partial charge in [0.25, 0.3) is 5.91 Å². The third-order valence-corrected chi connectivity index (χ3v) is 4.78. The SMILES string of the molecule is CCOc1cc(C=NNC(=O)c2ccccc2O)ccc1OCc1ccc(Cl)cc1Cl. The van der Waals surface area contributed by atoms with Crippen LogP contribution in [0.4, 0.5) is 0 Å². The van der Waals surface area contributed by atoms with Crippen LogP contribution in [0.1, 0.15) is 28.4 Å². The minimum absolute atomic E-state index is 0.115. The van der Waals surface area contributed by atoms with Gasteiger partial charge in [-0.1, -0.05) is 41.4 Å². The second kappa shape index (κ2) is 10.7. The van der Waals surface area contributed by atoms with Gasteiger partial charge in [-0.05, 0) is 55.0 Å². The van der Waals surface area contributed by atoms with Gasteiger partial charge < -0.3 is 14.6 Å². The lowest BCUT2D eigenvalue weighted by Crippen LogP contribution is -2.17. The molecule has 0 spiro atoms. The molecule has 0 aliphatic rings. The molecule has 31 heavy (non-hydrogen) atoms. The molecule has 0 radical (unpaired) electrons. The average molecular weight is 459 g/mol. The normalized spacial score (nSPS) is 10.8. The number of phenolic OH excluding ortho intramolecular Hbond substituents is 1. The maximum absolute atomic E-state index is 12.1. The van der Waals surface area contributed by atoms with E-state index in [1.807, 2.05) is 6.92 Å². The molecule has 0 unspecified atom stereocenters. The number of nitrogens with one attached hydrogen (secondary N) is 1. The summed E-state index contributed by atoms with van der Waals surface area (Å²) in [4.78, 5) is 12.1. The van der Waals surface area contributed by atoms with Crippen LogP contribution in [0.3, 0.4) is 0 Å². The van der Waals surface area contributed by atoms with E-state index in [0.717, 1.165) is 5.56 Å². The number of rotatable bonds is 8. The van der Waals surface area contributed by atoms with E-state index in [1.54, 1.807) is 48.5 Å². The lowest BCUT2D eigenvalue weighted by molar-refractivity contribution is 0.0952. The Kier molecular flexibility index (Phi) is 7.76. The Balaban J connectivity index is 1.68. The van der Waals surface area contributed by atoms with Crippen LogP contribution in [0.5, 0.6) is 17.2 Å². The molecule has 1 amide bonds. The van der Waals surface area contributed by atoms with Crippen LogP contribution in [0.2, 0.25) is 10.0 Å². The molecule has 0 aromatic heterocycles. The maximum Gasteiger partial charge on any atom is 0.275 e. The minimum atomic E-state index is -0.515. The Morgan fingerprint density at radius 2 is 1.87 bits per heavy atom. The second-order valence-corrected chi connectivity index (χ2v) is 7.22. The van der Waals surface area contributed by atoms with Crippen LogP contribution in [0.15, 0.2) is 65.8 Å². The van der Waals surface area contributed by atoms with Gasteiger partial charge in [0.1, 0.15) is 12.4 Å². The molecule has 0 aliphatic heterocycles. The molecule has 0 saturated carbocycles. The van der Waals surface area contributed by atoms with Crippen molar-refractivity contribution >= 4 is 35.3 Å². The van der Waals surface area contributed by atoms with E-state index >= 15 is 0 Å². The highest BCUT2D eigenvalue weighted by Gasteiger charge is 2.10. The standard InChI is InChI=1S/C23H20Cl2N2O4/c1-2-30-22-11-15(13-26-27-23(29)18-5-3-4-6-20(18)28)7-10-21(22)31-14-16-8-9-17(24)12-19(16)25/h3-13,28H,2,14H2,1H3,(H,27,29). The molecule has 8 heteroatoms. The summed E-state index contributed by atoms with van der Waals surface area (Å²) >= 11 is 12.1. The molecule has 0 bridgehead atoms. The summed E-state index contributed by atoms with van der Waals surface area (Å²) in [7, 11) is 0. The summed E-state index contributed by atoms with van der Waals surface area (Å²) in [5.74, 6) is 0.446. The first kappa shape index (κ1) is 22.5. The Bertz CT molecular complexity index is 1100. The quantitative estimate of drug-likeness (QED) is 0.347. The smallest absolute Gasteiger partial charge is 0.275 e. The van der Waals surface area contributed by atoms with Crippen molar-refractivity contribution in [2.45, 2.75) is 13.5 Å². The molecule has 160 valence electrons. The number of carbonyl (C=O) groups is 1. The second-order valence-electron chi connectivity index (χ2n) is 6.38. The van der Waals surface area contributed by atoms with Crippen molar-refractivity contribution in [3.63, 3.8) is 0 Å². The lowest BCUT2D eigenvalue weighted by Gasteiger charge is -2.13. The number of nitrogens with zero attached hydrogens (tertiary/aromatic N) is 1. The summed E-state index contributed by atoms with van der Waals surface area (Å²) in [6.07, 6.45) is 1.47. The highest BCUT2D eigenvalue weighted by molar-refractivity contribution is 6.35. The third kappa shape index (κ3) is 6.13. The van der Waals surface area contributed by atoms with Gasteiger partial charge in [0.05, 0.1) is 18.4 Å². The van der Waals surface area contributed by atoms with Crippen molar-refractivity contribution in [3.8, 4) is 17.2 Å². The Morgan fingerprint density at radius 1 is 1.06 bits per heavy atom. The van der Waals surface area contributed by atoms with Gasteiger partial charge in [-0.2, -0.15) is 5.10 Å². The van der Waals surface area contributed by atoms with E-state index in [1.165, 1.54) is 18.3 Å². The molecule has 6 nitrogen and oxygen atoms in total. The van der Waals surface area contributed by atoms with Gasteiger partial charge in [0.2, 0.25) is 0 Å². The first-order valence-corrected chi connectivity index (χ1v) is 10.2. The van der Waals surface area contributed by atoms with E-state index < -0.39 is 5.91 Å². The zero-order chi connectivity index (χ0) is 22.2. The predicted molar refractivity (Wildman–Crippen MR) is 122 cm³/mol. The summed E-state index contributed by atoms with van der Waals surface area (Å²) in [5, 5.41) is 14.8. The summed E-state index contributed by atoms with van der Waals surface area (Å²) < 4.78 is 11.5. The minimum Gasteiger partial charge on any atom is -0.507 e. The molecule has 0 heterocycles. The van der Waals surface area contributed by atoms with Crippen LogP contribution >= 0.6 is 23.2 Å². The number of halogens is 2. The molecule has 0 fully saturated rings. The van der Waals surface area contributed by atoms with Crippen LogP contribution < -0.4 is 14.9 Å². The number of hydrogen-bond acceptors (Lipinski definition) is 5. The molecule has 0 aliphatic carbocycles. The van der Waals surface area contributed by atoms with E-state index in [2.05, 4.69) is 10.5 Å². The fraction of sp³-hybridized carbons (Fsp3) is 0.130. The number of para-hydroxylation sites is 1. The summed E-state index contributed by atoms with van der Waals surface area (Å²) in [5.41, 5.74) is 4.01. The molecular weight excluding hydrogens is 439 g/mol.